The summed E-state index contributed by atoms with van der Waals surface area (Å²) in [6.45, 7) is -1.12. The number of aliphatic hydroxyl groups is 1. The third-order valence-corrected chi connectivity index (χ3v) is 1.83. The molecule has 0 atom stereocenters. The Morgan fingerprint density at radius 3 is 2.70 bits per heavy atom. The lowest BCUT2D eigenvalue weighted by molar-refractivity contribution is -0.0552. The van der Waals surface area contributed by atoms with E-state index in [1.807, 2.05) is 0 Å². The lowest BCUT2D eigenvalue weighted by atomic mass is 10.2. The monoisotopic (exact) mass is 164 g/mol. The summed E-state index contributed by atoms with van der Waals surface area (Å²) in [5.41, 5.74) is -0.111. The van der Waals surface area contributed by atoms with Gasteiger partial charge in [-0.15, -0.1) is 0 Å². The predicted molar refractivity (Wildman–Crippen MR) is 35.3 cm³/mol. The molecule has 10 heavy (non-hydrogen) atoms. The summed E-state index contributed by atoms with van der Waals surface area (Å²) in [7, 11) is 0. The van der Waals surface area contributed by atoms with Crippen molar-refractivity contribution in [2.75, 3.05) is 6.61 Å². The van der Waals surface area contributed by atoms with Crippen molar-refractivity contribution >= 4 is 11.3 Å². The van der Waals surface area contributed by atoms with Gasteiger partial charge in [0.2, 0.25) is 0 Å². The van der Waals surface area contributed by atoms with Crippen molar-refractivity contribution < 1.29 is 13.9 Å². The van der Waals surface area contributed by atoms with E-state index in [0.717, 1.165) is 0 Å². The van der Waals surface area contributed by atoms with Gasteiger partial charge < -0.3 is 5.11 Å². The Morgan fingerprint density at radius 2 is 2.30 bits per heavy atom. The summed E-state index contributed by atoms with van der Waals surface area (Å²) in [4.78, 5) is 0. The number of aliphatic hydroxyl groups excluding tert-OH is 1. The van der Waals surface area contributed by atoms with E-state index in [1.165, 1.54) is 22.8 Å². The summed E-state index contributed by atoms with van der Waals surface area (Å²) < 4.78 is 25.0. The number of thiophene rings is 1. The van der Waals surface area contributed by atoms with E-state index in [2.05, 4.69) is 0 Å². The Morgan fingerprint density at radius 1 is 1.60 bits per heavy atom. The molecule has 1 aromatic rings. The molecule has 0 saturated heterocycles. The van der Waals surface area contributed by atoms with Crippen molar-refractivity contribution in [2.24, 2.45) is 0 Å². The van der Waals surface area contributed by atoms with Crippen molar-refractivity contribution in [3.05, 3.63) is 22.4 Å². The topological polar surface area (TPSA) is 20.2 Å². The Labute approximate surface area is 60.9 Å². The quantitative estimate of drug-likeness (QED) is 0.707. The van der Waals surface area contributed by atoms with Crippen LogP contribution in [0.3, 0.4) is 0 Å². The third-order valence-electron chi connectivity index (χ3n) is 1.14. The zero-order chi connectivity index (χ0) is 7.61. The Kier molecular flexibility index (Phi) is 2.01. The minimum atomic E-state index is -3.07. The van der Waals surface area contributed by atoms with Gasteiger partial charge in [-0.1, -0.05) is 0 Å². The molecule has 0 fully saturated rings. The second kappa shape index (κ2) is 2.64. The fraction of sp³-hybridized carbons (Fsp3) is 0.333. The number of hydrogen-bond donors (Lipinski definition) is 1. The fourth-order valence-electron chi connectivity index (χ4n) is 0.564. The predicted octanol–water partition coefficient (Wildman–Crippen LogP) is 1.83. The molecule has 1 rings (SSSR count). The molecule has 0 radical (unpaired) electrons. The third kappa shape index (κ3) is 1.33. The van der Waals surface area contributed by atoms with E-state index in [0.29, 0.717) is 0 Å². The maximum absolute atomic E-state index is 12.5. The van der Waals surface area contributed by atoms with Gasteiger partial charge in [0.05, 0.1) is 0 Å². The van der Waals surface area contributed by atoms with E-state index >= 15 is 0 Å². The molecule has 0 unspecified atom stereocenters. The van der Waals surface area contributed by atoms with Crippen molar-refractivity contribution in [3.8, 4) is 0 Å². The van der Waals surface area contributed by atoms with Crippen LogP contribution in [0, 0.1) is 0 Å². The number of halogens is 2. The largest absolute Gasteiger partial charge is 0.390 e. The van der Waals surface area contributed by atoms with Crippen LogP contribution in [-0.4, -0.2) is 11.7 Å². The van der Waals surface area contributed by atoms with Crippen LogP contribution >= 0.6 is 11.3 Å². The average Bonchev–Trinajstić information content (AvgIpc) is 2.38. The number of hydrogen-bond acceptors (Lipinski definition) is 2. The second-order valence-corrected chi connectivity index (χ2v) is 2.65. The normalized spacial score (nSPS) is 11.9. The Bertz CT molecular complexity index is 196. The maximum atomic E-state index is 12.5. The van der Waals surface area contributed by atoms with Crippen LogP contribution in [-0.2, 0) is 5.92 Å². The van der Waals surface area contributed by atoms with E-state index < -0.39 is 12.5 Å². The molecule has 0 spiro atoms. The van der Waals surface area contributed by atoms with Crippen LogP contribution in [0.25, 0.3) is 0 Å². The molecule has 0 amide bonds. The van der Waals surface area contributed by atoms with Crippen LogP contribution in [0.1, 0.15) is 5.56 Å². The molecule has 56 valence electrons. The lowest BCUT2D eigenvalue weighted by Gasteiger charge is -2.09. The van der Waals surface area contributed by atoms with E-state index in [4.69, 9.17) is 5.11 Å². The van der Waals surface area contributed by atoms with Crippen LogP contribution in [0.5, 0.6) is 0 Å². The first-order valence-corrected chi connectivity index (χ1v) is 3.62. The molecule has 1 heterocycles. The first kappa shape index (κ1) is 7.63. The molecule has 0 aliphatic carbocycles. The maximum Gasteiger partial charge on any atom is 0.296 e. The average molecular weight is 164 g/mol. The van der Waals surface area contributed by atoms with Crippen LogP contribution in [0.2, 0.25) is 0 Å². The zero-order valence-corrected chi connectivity index (χ0v) is 5.87. The van der Waals surface area contributed by atoms with Gasteiger partial charge in [0.15, 0.2) is 0 Å². The summed E-state index contributed by atoms with van der Waals surface area (Å²) >= 11 is 1.19. The first-order valence-electron chi connectivity index (χ1n) is 2.68. The molecule has 4 heteroatoms. The second-order valence-electron chi connectivity index (χ2n) is 1.87. The highest BCUT2D eigenvalue weighted by Gasteiger charge is 2.30. The highest BCUT2D eigenvalue weighted by atomic mass is 32.1. The summed E-state index contributed by atoms with van der Waals surface area (Å²) in [5, 5.41) is 11.1. The summed E-state index contributed by atoms with van der Waals surface area (Å²) in [6.07, 6.45) is 0. The van der Waals surface area contributed by atoms with E-state index in [1.54, 1.807) is 5.38 Å². The van der Waals surface area contributed by atoms with Crippen LogP contribution < -0.4 is 0 Å². The van der Waals surface area contributed by atoms with Gasteiger partial charge in [-0.2, -0.15) is 20.1 Å². The minimum absolute atomic E-state index is 0.111. The van der Waals surface area contributed by atoms with Gasteiger partial charge in [0.1, 0.15) is 6.61 Å². The van der Waals surface area contributed by atoms with E-state index in [-0.39, 0.29) is 5.56 Å². The first-order chi connectivity index (χ1) is 4.67. The molecular formula is C6H6F2OS. The molecule has 0 aliphatic heterocycles. The molecular weight excluding hydrogens is 158 g/mol. The molecule has 0 bridgehead atoms. The van der Waals surface area contributed by atoms with Crippen molar-refractivity contribution in [1.29, 1.82) is 0 Å². The van der Waals surface area contributed by atoms with Gasteiger partial charge in [0, 0.05) is 5.56 Å². The smallest absolute Gasteiger partial charge is 0.296 e. The van der Waals surface area contributed by atoms with Crippen molar-refractivity contribution in [3.63, 3.8) is 0 Å². The van der Waals surface area contributed by atoms with Crippen LogP contribution in [0.15, 0.2) is 16.8 Å². The van der Waals surface area contributed by atoms with Gasteiger partial charge in [-0.3, -0.25) is 0 Å². The highest BCUT2D eigenvalue weighted by molar-refractivity contribution is 7.08. The van der Waals surface area contributed by atoms with Crippen molar-refractivity contribution in [2.45, 2.75) is 5.92 Å². The van der Waals surface area contributed by atoms with Gasteiger partial charge in [-0.05, 0) is 16.8 Å². The van der Waals surface area contributed by atoms with Crippen molar-refractivity contribution in [1.82, 2.24) is 0 Å². The molecule has 1 nitrogen and oxygen atoms in total. The number of alkyl halides is 2. The molecule has 0 aromatic carbocycles. The summed E-state index contributed by atoms with van der Waals surface area (Å²) in [5.74, 6) is -3.07. The molecule has 0 saturated carbocycles. The number of rotatable bonds is 2. The van der Waals surface area contributed by atoms with E-state index in [9.17, 15) is 8.78 Å². The SMILES string of the molecule is OCC(F)(F)c1ccsc1. The molecule has 1 N–H and O–H groups in total. The van der Waals surface area contributed by atoms with Gasteiger partial charge >= 0.3 is 0 Å². The standard InChI is InChI=1S/C6H6F2OS/c7-6(8,4-9)5-1-2-10-3-5/h1-3,9H,4H2. The zero-order valence-electron chi connectivity index (χ0n) is 5.05. The highest BCUT2D eigenvalue weighted by Crippen LogP contribution is 2.28. The van der Waals surface area contributed by atoms with Gasteiger partial charge in [0.25, 0.3) is 5.92 Å². The Hall–Kier alpha value is -0.480. The summed E-state index contributed by atoms with van der Waals surface area (Å²) in [6, 6.07) is 1.31. The van der Waals surface area contributed by atoms with Gasteiger partial charge in [-0.25, -0.2) is 0 Å². The van der Waals surface area contributed by atoms with Crippen LogP contribution in [0.4, 0.5) is 8.78 Å². The lowest BCUT2D eigenvalue weighted by Crippen LogP contribution is -2.17. The Balaban J connectivity index is 2.85. The fourth-order valence-corrected chi connectivity index (χ4v) is 1.27. The molecule has 1 aromatic heterocycles. The minimum Gasteiger partial charge on any atom is -0.390 e. The molecule has 0 aliphatic rings.